The summed E-state index contributed by atoms with van der Waals surface area (Å²) in [6.45, 7) is 4.33. The van der Waals surface area contributed by atoms with Gasteiger partial charge in [0.2, 0.25) is 0 Å². The van der Waals surface area contributed by atoms with E-state index >= 15 is 0 Å². The third kappa shape index (κ3) is 6.26. The number of benzene rings is 16. The molecule has 19 rings (SSSR count). The molecule has 85 heavy (non-hydrogen) atoms. The first-order chi connectivity index (χ1) is 42.1. The van der Waals surface area contributed by atoms with Gasteiger partial charge in [-0.15, -0.1) is 0 Å². The molecular weight excluding hydrogens is 1020 g/mol. The Balaban J connectivity index is 0.941. The lowest BCUT2D eigenvalue weighted by molar-refractivity contribution is 1.28. The molecule has 1 aliphatic rings. The maximum absolute atomic E-state index is 2.49. The smallest absolute Gasteiger partial charge is 0.0540 e. The molecule has 0 saturated carbocycles. The van der Waals surface area contributed by atoms with Gasteiger partial charge >= 0.3 is 0 Å². The molecule has 0 saturated heterocycles. The van der Waals surface area contributed by atoms with Crippen molar-refractivity contribution in [1.82, 2.24) is 0 Å². The van der Waals surface area contributed by atoms with Crippen molar-refractivity contribution in [3.8, 4) is 66.8 Å². The van der Waals surface area contributed by atoms with E-state index < -0.39 is 0 Å². The fourth-order valence-corrected chi connectivity index (χ4v) is 15.9. The Hall–Kier alpha value is -10.9. The largest absolute Gasteiger partial charge is 0.310 e. The van der Waals surface area contributed by atoms with Crippen LogP contribution in [-0.4, -0.2) is 0 Å². The van der Waals surface area contributed by atoms with Crippen LogP contribution in [-0.2, 0) is 0 Å². The lowest BCUT2D eigenvalue weighted by Gasteiger charge is -2.27. The van der Waals surface area contributed by atoms with Crippen molar-refractivity contribution in [1.29, 1.82) is 0 Å². The number of hydrogen-bond donors (Lipinski definition) is 0. The maximum atomic E-state index is 2.49. The SMILES string of the molecule is Cc1ccc(N(c2ccc(C)cc2)c2ccc3c4c(-c5ccccc5)c5c6ccc7c8ccc9c%10c(ccc(c%11ccc(c5c(-c5ccccc5)c4c4cccc2c43)c6c%117)c%108)-c2c-9c(-c3ccccc3)c3ccccc3c2-c2ccccc2)cc1. The second kappa shape index (κ2) is 17.3. The topological polar surface area (TPSA) is 3.24 Å². The van der Waals surface area contributed by atoms with Crippen LogP contribution in [0.25, 0.3) is 174 Å². The summed E-state index contributed by atoms with van der Waals surface area (Å²) in [6, 6.07) is 103. The number of aryl methyl sites for hydroxylation is 2. The predicted molar refractivity (Wildman–Crippen MR) is 365 cm³/mol. The first-order valence-corrected chi connectivity index (χ1v) is 29.8. The number of rotatable bonds is 7. The Labute approximate surface area is 491 Å². The summed E-state index contributed by atoms with van der Waals surface area (Å²) in [5.74, 6) is 0. The van der Waals surface area contributed by atoms with E-state index in [-0.39, 0.29) is 0 Å². The Morgan fingerprint density at radius 3 is 0.953 bits per heavy atom. The average Bonchev–Trinajstić information content (AvgIpc) is 1.77. The Kier molecular flexibility index (Phi) is 9.53. The van der Waals surface area contributed by atoms with Crippen LogP contribution in [0.1, 0.15) is 11.1 Å². The van der Waals surface area contributed by atoms with E-state index in [0.29, 0.717) is 0 Å². The van der Waals surface area contributed by atoms with Crippen LogP contribution >= 0.6 is 0 Å². The van der Waals surface area contributed by atoms with Crippen molar-refractivity contribution in [2.75, 3.05) is 4.90 Å². The summed E-state index contributed by atoms with van der Waals surface area (Å²) >= 11 is 0. The third-order valence-corrected chi connectivity index (χ3v) is 19.3. The van der Waals surface area contributed by atoms with Gasteiger partial charge in [0.25, 0.3) is 0 Å². The number of hydrogen-bond acceptors (Lipinski definition) is 1. The van der Waals surface area contributed by atoms with Crippen molar-refractivity contribution < 1.29 is 0 Å². The van der Waals surface area contributed by atoms with Gasteiger partial charge in [-0.25, -0.2) is 0 Å². The van der Waals surface area contributed by atoms with Crippen LogP contribution < -0.4 is 4.90 Å². The molecule has 0 aromatic heterocycles. The van der Waals surface area contributed by atoms with Gasteiger partial charge in [-0.2, -0.15) is 0 Å². The summed E-state index contributed by atoms with van der Waals surface area (Å²) in [5.41, 5.74) is 21.3. The average molecular weight is 1070 g/mol. The normalized spacial score (nSPS) is 12.4. The van der Waals surface area contributed by atoms with Crippen LogP contribution in [0.15, 0.2) is 273 Å². The molecule has 0 amide bonds. The standard InChI is InChI=1S/C84H51N/c1-48-30-34-54(35-31-48)85(55-36-32-49(2)33-37-55)69-47-46-64-74-62(69)28-17-29-63(74)81-72(52-22-11-5-12-23-52)83-67-44-40-60-58-38-42-65-77-66(80-71(51-20-9-4-10-21-51)57-27-16-15-26-56(57)70(79(65)80)50-18-7-3-8-19-50)43-39-59(75(58)77)61-41-45-68(78(67)76(60)61)84(83)73(82(64)81)53-24-13-6-14-25-53/h3-47H,1-2H3. The van der Waals surface area contributed by atoms with Gasteiger partial charge in [0, 0.05) is 16.8 Å². The molecule has 0 N–H and O–H groups in total. The zero-order valence-corrected chi connectivity index (χ0v) is 46.9. The molecular formula is C84H51N. The maximum Gasteiger partial charge on any atom is 0.0540 e. The Morgan fingerprint density at radius 1 is 0.188 bits per heavy atom. The van der Waals surface area contributed by atoms with Crippen molar-refractivity contribution in [3.63, 3.8) is 0 Å². The minimum Gasteiger partial charge on any atom is -0.310 e. The second-order valence-corrected chi connectivity index (χ2v) is 23.8. The number of anilines is 3. The molecule has 0 heterocycles. The molecule has 0 atom stereocenters. The third-order valence-electron chi connectivity index (χ3n) is 19.3. The first-order valence-electron chi connectivity index (χ1n) is 29.8. The van der Waals surface area contributed by atoms with E-state index in [0.717, 1.165) is 17.1 Å². The predicted octanol–water partition coefficient (Wildman–Crippen LogP) is 23.9. The zero-order valence-electron chi connectivity index (χ0n) is 46.9. The summed E-state index contributed by atoms with van der Waals surface area (Å²) in [6.07, 6.45) is 0. The highest BCUT2D eigenvalue weighted by molar-refractivity contribution is 6.50. The molecule has 1 nitrogen and oxygen atoms in total. The quantitative estimate of drug-likeness (QED) is 0.114. The van der Waals surface area contributed by atoms with Gasteiger partial charge in [-0.05, 0) is 213 Å². The first kappa shape index (κ1) is 46.7. The van der Waals surface area contributed by atoms with Crippen LogP contribution in [0.3, 0.4) is 0 Å². The molecule has 0 unspecified atom stereocenters. The van der Waals surface area contributed by atoms with Crippen molar-refractivity contribution in [2.24, 2.45) is 0 Å². The summed E-state index contributed by atoms with van der Waals surface area (Å²) in [4.78, 5) is 2.45. The van der Waals surface area contributed by atoms with Crippen molar-refractivity contribution in [2.45, 2.75) is 13.8 Å². The Morgan fingerprint density at radius 2 is 0.506 bits per heavy atom. The highest BCUT2D eigenvalue weighted by Gasteiger charge is 2.34. The van der Waals surface area contributed by atoms with Crippen LogP contribution in [0.2, 0.25) is 0 Å². The zero-order chi connectivity index (χ0) is 55.8. The van der Waals surface area contributed by atoms with E-state index in [4.69, 9.17) is 0 Å². The molecule has 392 valence electrons. The van der Waals surface area contributed by atoms with E-state index in [2.05, 4.69) is 292 Å². The monoisotopic (exact) mass is 1070 g/mol. The number of nitrogens with zero attached hydrogens (tertiary/aromatic N) is 1. The summed E-state index contributed by atoms with van der Waals surface area (Å²) in [5, 5.41) is 26.1. The van der Waals surface area contributed by atoms with Crippen LogP contribution in [0.4, 0.5) is 17.1 Å². The van der Waals surface area contributed by atoms with E-state index in [1.807, 2.05) is 0 Å². The second-order valence-electron chi connectivity index (χ2n) is 23.8. The van der Waals surface area contributed by atoms with Gasteiger partial charge in [0.1, 0.15) is 0 Å². The van der Waals surface area contributed by atoms with Crippen molar-refractivity contribution >= 4 is 125 Å². The highest BCUT2D eigenvalue weighted by atomic mass is 15.1. The van der Waals surface area contributed by atoms with Gasteiger partial charge in [0.05, 0.1) is 5.69 Å². The highest BCUT2D eigenvalue weighted by Crippen LogP contribution is 2.62. The van der Waals surface area contributed by atoms with Gasteiger partial charge in [-0.1, -0.05) is 254 Å². The van der Waals surface area contributed by atoms with Crippen LogP contribution in [0.5, 0.6) is 0 Å². The molecule has 0 radical (unpaired) electrons. The van der Waals surface area contributed by atoms with E-state index in [1.54, 1.807) is 0 Å². The van der Waals surface area contributed by atoms with E-state index in [9.17, 15) is 0 Å². The minimum absolute atomic E-state index is 1.14. The molecule has 0 bridgehead atoms. The molecule has 0 aliphatic heterocycles. The summed E-state index contributed by atoms with van der Waals surface area (Å²) in [7, 11) is 0. The fraction of sp³-hybridized carbons (Fsp3) is 0.0238. The van der Waals surface area contributed by atoms with Crippen molar-refractivity contribution in [3.05, 3.63) is 284 Å². The molecule has 0 spiro atoms. The van der Waals surface area contributed by atoms with Gasteiger partial charge < -0.3 is 4.90 Å². The van der Waals surface area contributed by atoms with E-state index in [1.165, 1.54) is 186 Å². The lowest BCUT2D eigenvalue weighted by atomic mass is 9.82. The molecule has 1 aliphatic carbocycles. The Bertz CT molecular complexity index is 5480. The van der Waals surface area contributed by atoms with Gasteiger partial charge in [0.15, 0.2) is 0 Å². The molecule has 18 aromatic rings. The number of fused-ring (bicyclic) bond motifs is 12. The van der Waals surface area contributed by atoms with Gasteiger partial charge in [-0.3, -0.25) is 0 Å². The lowest BCUT2D eigenvalue weighted by Crippen LogP contribution is -2.10. The fourth-order valence-electron chi connectivity index (χ4n) is 15.9. The minimum atomic E-state index is 1.14. The summed E-state index contributed by atoms with van der Waals surface area (Å²) < 4.78 is 0. The van der Waals surface area contributed by atoms with Crippen LogP contribution in [0, 0.1) is 13.8 Å². The molecule has 1 heteroatoms. The molecule has 18 aromatic carbocycles. The molecule has 0 fully saturated rings.